The van der Waals surface area contributed by atoms with Crippen LogP contribution in [0.4, 0.5) is 5.69 Å². The minimum absolute atomic E-state index is 0.132. The number of benzene rings is 1. The zero-order valence-electron chi connectivity index (χ0n) is 14.2. The van der Waals surface area contributed by atoms with Crippen molar-refractivity contribution in [3.63, 3.8) is 0 Å². The topological polar surface area (TPSA) is 110 Å². The molecule has 128 valence electrons. The number of hydrogen-bond donors (Lipinski definition) is 1. The molecule has 0 heterocycles. The van der Waals surface area contributed by atoms with Crippen LogP contribution in [0.2, 0.25) is 0 Å². The number of unbranched alkanes of at least 4 members (excludes halogenated alkanes) is 4. The highest BCUT2D eigenvalue weighted by molar-refractivity contribution is 5.89. The van der Waals surface area contributed by atoms with Gasteiger partial charge in [-0.2, -0.15) is 15.8 Å². The Morgan fingerprint density at radius 2 is 1.64 bits per heavy atom. The van der Waals surface area contributed by atoms with Crippen molar-refractivity contribution in [3.8, 4) is 18.2 Å². The van der Waals surface area contributed by atoms with E-state index in [1.54, 1.807) is 42.5 Å². The van der Waals surface area contributed by atoms with E-state index >= 15 is 0 Å². The molecule has 0 amide bonds. The molecule has 0 bridgehead atoms. The van der Waals surface area contributed by atoms with E-state index in [1.807, 2.05) is 0 Å². The van der Waals surface area contributed by atoms with Gasteiger partial charge in [-0.05, 0) is 30.7 Å². The molecule has 1 rings (SSSR count). The van der Waals surface area contributed by atoms with Gasteiger partial charge in [0.1, 0.15) is 23.9 Å². The first-order valence-electron chi connectivity index (χ1n) is 8.15. The number of nitriles is 3. The monoisotopic (exact) mass is 336 g/mol. The zero-order valence-corrected chi connectivity index (χ0v) is 14.2. The van der Waals surface area contributed by atoms with Crippen LogP contribution < -0.4 is 5.32 Å². The number of anilines is 1. The molecule has 1 aromatic rings. The van der Waals surface area contributed by atoms with Crippen molar-refractivity contribution in [2.45, 2.75) is 39.0 Å². The molecular formula is C19H20N4O2. The van der Waals surface area contributed by atoms with Crippen LogP contribution in [0.25, 0.3) is 0 Å². The third-order valence-electron chi connectivity index (χ3n) is 3.46. The molecule has 0 fully saturated rings. The van der Waals surface area contributed by atoms with Crippen LogP contribution in [-0.2, 0) is 4.74 Å². The van der Waals surface area contributed by atoms with E-state index in [9.17, 15) is 4.79 Å². The van der Waals surface area contributed by atoms with Crippen molar-refractivity contribution in [1.82, 2.24) is 0 Å². The molecule has 0 atom stereocenters. The largest absolute Gasteiger partial charge is 0.462 e. The SMILES string of the molecule is CCCCCCCOC(=O)c1ccc(NC(C#N)=C(C#N)C#N)cc1. The molecule has 0 radical (unpaired) electrons. The smallest absolute Gasteiger partial charge is 0.338 e. The van der Waals surface area contributed by atoms with Crippen molar-refractivity contribution in [3.05, 3.63) is 41.1 Å². The van der Waals surface area contributed by atoms with Gasteiger partial charge in [0.05, 0.1) is 12.2 Å². The minimum Gasteiger partial charge on any atom is -0.462 e. The van der Waals surface area contributed by atoms with Crippen molar-refractivity contribution in [2.75, 3.05) is 11.9 Å². The molecule has 1 N–H and O–H groups in total. The molecule has 6 heteroatoms. The number of ether oxygens (including phenoxy) is 1. The summed E-state index contributed by atoms with van der Waals surface area (Å²) in [5.74, 6) is -0.396. The van der Waals surface area contributed by atoms with Gasteiger partial charge >= 0.3 is 5.97 Å². The molecule has 0 saturated heterocycles. The Bertz CT molecular complexity index is 715. The Hall–Kier alpha value is -3.30. The van der Waals surface area contributed by atoms with Gasteiger partial charge in [0, 0.05) is 5.69 Å². The Labute approximate surface area is 147 Å². The van der Waals surface area contributed by atoms with E-state index in [0.717, 1.165) is 19.3 Å². The molecule has 0 saturated carbocycles. The van der Waals surface area contributed by atoms with Gasteiger partial charge in [0.2, 0.25) is 0 Å². The summed E-state index contributed by atoms with van der Waals surface area (Å²) in [4.78, 5) is 11.9. The van der Waals surface area contributed by atoms with Crippen LogP contribution in [0.5, 0.6) is 0 Å². The van der Waals surface area contributed by atoms with Crippen LogP contribution in [0.1, 0.15) is 49.4 Å². The fourth-order valence-corrected chi connectivity index (χ4v) is 2.07. The van der Waals surface area contributed by atoms with Gasteiger partial charge in [-0.25, -0.2) is 4.79 Å². The number of carbonyl (C=O) groups is 1. The lowest BCUT2D eigenvalue weighted by atomic mass is 10.1. The second kappa shape index (κ2) is 11.3. The second-order valence-electron chi connectivity index (χ2n) is 5.34. The molecule has 25 heavy (non-hydrogen) atoms. The second-order valence-corrected chi connectivity index (χ2v) is 5.34. The first kappa shape index (κ1) is 19.7. The van der Waals surface area contributed by atoms with Crippen molar-refractivity contribution >= 4 is 11.7 Å². The van der Waals surface area contributed by atoms with E-state index in [0.29, 0.717) is 17.9 Å². The van der Waals surface area contributed by atoms with Crippen molar-refractivity contribution in [1.29, 1.82) is 15.8 Å². The molecule has 6 nitrogen and oxygen atoms in total. The average Bonchev–Trinajstić information content (AvgIpc) is 2.65. The Balaban J connectivity index is 2.58. The molecule has 1 aromatic carbocycles. The molecule has 0 aromatic heterocycles. The Kier molecular flexibility index (Phi) is 8.90. The number of allylic oxidation sites excluding steroid dienone is 2. The summed E-state index contributed by atoms with van der Waals surface area (Å²) in [6.45, 7) is 2.55. The predicted octanol–water partition coefficient (Wildman–Crippen LogP) is 4.05. The fraction of sp³-hybridized carbons (Fsp3) is 0.368. The van der Waals surface area contributed by atoms with Gasteiger partial charge in [0.25, 0.3) is 0 Å². The molecule has 0 spiro atoms. The average molecular weight is 336 g/mol. The summed E-state index contributed by atoms with van der Waals surface area (Å²) in [6, 6.07) is 11.4. The number of carbonyl (C=O) groups excluding carboxylic acids is 1. The van der Waals surface area contributed by atoms with Crippen molar-refractivity contribution in [2.24, 2.45) is 0 Å². The Morgan fingerprint density at radius 1 is 1.00 bits per heavy atom. The molecule has 0 aliphatic heterocycles. The van der Waals surface area contributed by atoms with Crippen molar-refractivity contribution < 1.29 is 9.53 Å². The third-order valence-corrected chi connectivity index (χ3v) is 3.46. The maximum atomic E-state index is 11.9. The molecular weight excluding hydrogens is 316 g/mol. The van der Waals surface area contributed by atoms with Gasteiger partial charge in [0.15, 0.2) is 5.57 Å². The maximum Gasteiger partial charge on any atom is 0.338 e. The van der Waals surface area contributed by atoms with Crippen LogP contribution >= 0.6 is 0 Å². The fourth-order valence-electron chi connectivity index (χ4n) is 2.07. The lowest BCUT2D eigenvalue weighted by Gasteiger charge is -2.07. The highest BCUT2D eigenvalue weighted by atomic mass is 16.5. The Morgan fingerprint density at radius 3 is 2.20 bits per heavy atom. The first-order chi connectivity index (χ1) is 12.2. The number of nitrogens with one attached hydrogen (secondary N) is 1. The van der Waals surface area contributed by atoms with Crippen LogP contribution in [0.3, 0.4) is 0 Å². The van der Waals surface area contributed by atoms with E-state index < -0.39 is 5.97 Å². The minimum atomic E-state index is -0.396. The summed E-state index contributed by atoms with van der Waals surface area (Å²) in [5.41, 5.74) is 0.472. The molecule has 0 aliphatic rings. The van der Waals surface area contributed by atoms with Gasteiger partial charge < -0.3 is 10.1 Å². The number of hydrogen-bond acceptors (Lipinski definition) is 6. The van der Waals surface area contributed by atoms with Gasteiger partial charge in [-0.1, -0.05) is 32.6 Å². The van der Waals surface area contributed by atoms with E-state index in [1.165, 1.54) is 12.8 Å². The van der Waals surface area contributed by atoms with Gasteiger partial charge in [-0.3, -0.25) is 0 Å². The summed E-state index contributed by atoms with van der Waals surface area (Å²) in [5, 5.41) is 29.3. The number of nitrogens with zero attached hydrogens (tertiary/aromatic N) is 3. The van der Waals surface area contributed by atoms with E-state index in [2.05, 4.69) is 12.2 Å². The van der Waals surface area contributed by atoms with Crippen LogP contribution in [0, 0.1) is 34.0 Å². The van der Waals surface area contributed by atoms with Crippen LogP contribution in [-0.4, -0.2) is 12.6 Å². The number of esters is 1. The zero-order chi connectivity index (χ0) is 18.5. The summed E-state index contributed by atoms with van der Waals surface area (Å²) in [7, 11) is 0. The highest BCUT2D eigenvalue weighted by Crippen LogP contribution is 2.14. The highest BCUT2D eigenvalue weighted by Gasteiger charge is 2.09. The first-order valence-corrected chi connectivity index (χ1v) is 8.15. The quantitative estimate of drug-likeness (QED) is 0.414. The summed E-state index contributed by atoms with van der Waals surface area (Å²) in [6.07, 6.45) is 5.42. The van der Waals surface area contributed by atoms with E-state index in [-0.39, 0.29) is 11.3 Å². The maximum absolute atomic E-state index is 11.9. The standard InChI is InChI=1S/C19H20N4O2/c1-2-3-4-5-6-11-25-19(24)15-7-9-17(10-8-15)23-18(14-22)16(12-20)13-21/h7-10,23H,2-6,11H2,1H3. The number of rotatable bonds is 9. The molecule has 0 aliphatic carbocycles. The third kappa shape index (κ3) is 6.77. The van der Waals surface area contributed by atoms with Gasteiger partial charge in [-0.15, -0.1) is 0 Å². The normalized spacial score (nSPS) is 9.20. The molecule has 0 unspecified atom stereocenters. The van der Waals surface area contributed by atoms with E-state index in [4.69, 9.17) is 20.5 Å². The lowest BCUT2D eigenvalue weighted by molar-refractivity contribution is 0.0497. The summed E-state index contributed by atoms with van der Waals surface area (Å²) < 4.78 is 5.22. The van der Waals surface area contributed by atoms with Crippen LogP contribution in [0.15, 0.2) is 35.5 Å². The lowest BCUT2D eigenvalue weighted by Crippen LogP contribution is -2.07. The summed E-state index contributed by atoms with van der Waals surface area (Å²) >= 11 is 0. The predicted molar refractivity (Wildman–Crippen MR) is 93.0 cm³/mol.